The summed E-state index contributed by atoms with van der Waals surface area (Å²) in [6.07, 6.45) is 1.66. The molecular formula is C22H18F3N3O2S. The molecule has 0 bridgehead atoms. The third-order valence-corrected chi connectivity index (χ3v) is 5.88. The van der Waals surface area contributed by atoms with Crippen molar-refractivity contribution in [1.29, 1.82) is 0 Å². The molecule has 0 saturated carbocycles. The van der Waals surface area contributed by atoms with Crippen LogP contribution in [0.25, 0.3) is 10.9 Å². The number of hydrogen-bond acceptors (Lipinski definition) is 4. The van der Waals surface area contributed by atoms with Gasteiger partial charge in [-0.3, -0.25) is 9.78 Å². The van der Waals surface area contributed by atoms with E-state index in [1.54, 1.807) is 13.1 Å². The van der Waals surface area contributed by atoms with Gasteiger partial charge in [0.15, 0.2) is 0 Å². The highest BCUT2D eigenvalue weighted by molar-refractivity contribution is 8.00. The molecule has 1 unspecified atom stereocenters. The SMILES string of the molecule is Cc1ccc2nccc(CN3C(=O)N(c4ccc(SC(F)(F)F)cc4)C(=O)C3C)c2c1. The van der Waals surface area contributed by atoms with Crippen molar-refractivity contribution >= 4 is 40.3 Å². The quantitative estimate of drug-likeness (QED) is 0.392. The predicted molar refractivity (Wildman–Crippen MR) is 113 cm³/mol. The summed E-state index contributed by atoms with van der Waals surface area (Å²) in [5.41, 5.74) is -1.45. The predicted octanol–water partition coefficient (Wildman–Crippen LogP) is 5.51. The van der Waals surface area contributed by atoms with Crippen LogP contribution in [0.1, 0.15) is 18.1 Å². The van der Waals surface area contributed by atoms with Crippen LogP contribution in [-0.2, 0) is 11.3 Å². The normalized spacial score (nSPS) is 17.1. The molecule has 0 radical (unpaired) electrons. The number of imide groups is 1. The minimum Gasteiger partial charge on any atom is -0.308 e. The van der Waals surface area contributed by atoms with E-state index in [0.717, 1.165) is 26.9 Å². The fourth-order valence-corrected chi connectivity index (χ4v) is 4.13. The van der Waals surface area contributed by atoms with Gasteiger partial charge in [0.1, 0.15) is 6.04 Å². The average Bonchev–Trinajstić information content (AvgIpc) is 2.91. The summed E-state index contributed by atoms with van der Waals surface area (Å²) in [4.78, 5) is 32.7. The molecule has 1 aliphatic rings. The Morgan fingerprint density at radius 1 is 1.06 bits per heavy atom. The number of halogens is 3. The molecule has 9 heteroatoms. The number of urea groups is 1. The zero-order valence-electron chi connectivity index (χ0n) is 16.7. The van der Waals surface area contributed by atoms with Crippen molar-refractivity contribution in [2.75, 3.05) is 4.90 Å². The summed E-state index contributed by atoms with van der Waals surface area (Å²) in [7, 11) is 0. The second-order valence-corrected chi connectivity index (χ2v) is 8.43. The first-order valence-electron chi connectivity index (χ1n) is 9.49. The molecule has 160 valence electrons. The Labute approximate surface area is 180 Å². The molecule has 0 N–H and O–H groups in total. The Bertz CT molecular complexity index is 1160. The zero-order chi connectivity index (χ0) is 22.3. The molecule has 2 heterocycles. The first kappa shape index (κ1) is 21.2. The van der Waals surface area contributed by atoms with Gasteiger partial charge in [0.05, 0.1) is 11.2 Å². The maximum absolute atomic E-state index is 13.1. The summed E-state index contributed by atoms with van der Waals surface area (Å²) in [6.45, 7) is 3.82. The highest BCUT2D eigenvalue weighted by Gasteiger charge is 2.43. The molecule has 3 amide bonds. The molecule has 1 aromatic heterocycles. The van der Waals surface area contributed by atoms with Crippen molar-refractivity contribution in [3.05, 3.63) is 65.9 Å². The Hall–Kier alpha value is -3.07. The number of amides is 3. The largest absolute Gasteiger partial charge is 0.446 e. The first-order chi connectivity index (χ1) is 14.6. The van der Waals surface area contributed by atoms with E-state index in [1.165, 1.54) is 29.2 Å². The molecule has 1 aliphatic heterocycles. The Morgan fingerprint density at radius 3 is 2.45 bits per heavy atom. The molecular weight excluding hydrogens is 427 g/mol. The van der Waals surface area contributed by atoms with Crippen molar-refractivity contribution in [2.24, 2.45) is 0 Å². The van der Waals surface area contributed by atoms with E-state index in [9.17, 15) is 22.8 Å². The van der Waals surface area contributed by atoms with Gasteiger partial charge in [0, 0.05) is 23.0 Å². The Balaban J connectivity index is 1.60. The van der Waals surface area contributed by atoms with Crippen LogP contribution in [0, 0.1) is 6.92 Å². The smallest absolute Gasteiger partial charge is 0.308 e. The number of nitrogens with zero attached hydrogens (tertiary/aromatic N) is 3. The average molecular weight is 445 g/mol. The number of thioether (sulfide) groups is 1. The van der Waals surface area contributed by atoms with Crippen LogP contribution < -0.4 is 4.90 Å². The topological polar surface area (TPSA) is 53.5 Å². The number of pyridine rings is 1. The van der Waals surface area contributed by atoms with Gasteiger partial charge in [-0.2, -0.15) is 13.2 Å². The third kappa shape index (κ3) is 4.23. The van der Waals surface area contributed by atoms with Crippen LogP contribution in [0.15, 0.2) is 59.6 Å². The molecule has 31 heavy (non-hydrogen) atoms. The number of fused-ring (bicyclic) bond motifs is 1. The number of aromatic nitrogens is 1. The standard InChI is InChI=1S/C22H18F3N3O2S/c1-13-3-8-19-18(11-13)15(9-10-26-19)12-27-14(2)20(29)28(21(27)30)16-4-6-17(7-5-16)31-22(23,24)25/h3-11,14H,12H2,1-2H3. The number of anilines is 1. The van der Waals surface area contributed by atoms with E-state index in [1.807, 2.05) is 31.2 Å². The van der Waals surface area contributed by atoms with Gasteiger partial charge in [0.25, 0.3) is 5.91 Å². The molecule has 5 nitrogen and oxygen atoms in total. The van der Waals surface area contributed by atoms with Crippen LogP contribution in [-0.4, -0.2) is 33.4 Å². The monoisotopic (exact) mass is 445 g/mol. The molecule has 0 spiro atoms. The number of carbonyl (C=O) groups excluding carboxylic acids is 2. The fraction of sp³-hybridized carbons (Fsp3) is 0.227. The first-order valence-corrected chi connectivity index (χ1v) is 10.3. The third-order valence-electron chi connectivity index (χ3n) is 5.14. The Kier molecular flexibility index (Phi) is 5.38. The van der Waals surface area contributed by atoms with E-state index >= 15 is 0 Å². The lowest BCUT2D eigenvalue weighted by atomic mass is 10.1. The van der Waals surface area contributed by atoms with E-state index in [2.05, 4.69) is 4.98 Å². The van der Waals surface area contributed by atoms with Crippen molar-refractivity contribution in [3.63, 3.8) is 0 Å². The van der Waals surface area contributed by atoms with Crippen molar-refractivity contribution in [1.82, 2.24) is 9.88 Å². The van der Waals surface area contributed by atoms with E-state index in [-0.39, 0.29) is 28.9 Å². The summed E-state index contributed by atoms with van der Waals surface area (Å²) in [5, 5.41) is 0.905. The summed E-state index contributed by atoms with van der Waals surface area (Å²) in [6, 6.07) is 11.7. The number of carbonyl (C=O) groups is 2. The van der Waals surface area contributed by atoms with E-state index in [0.29, 0.717) is 0 Å². The maximum Gasteiger partial charge on any atom is 0.446 e. The molecule has 2 aromatic carbocycles. The number of rotatable bonds is 4. The lowest BCUT2D eigenvalue weighted by Crippen LogP contribution is -2.33. The van der Waals surface area contributed by atoms with Crippen LogP contribution >= 0.6 is 11.8 Å². The van der Waals surface area contributed by atoms with Gasteiger partial charge in [-0.15, -0.1) is 0 Å². The van der Waals surface area contributed by atoms with Crippen LogP contribution in [0.3, 0.4) is 0 Å². The van der Waals surface area contributed by atoms with E-state index < -0.39 is 23.5 Å². The van der Waals surface area contributed by atoms with Crippen LogP contribution in [0.4, 0.5) is 23.7 Å². The molecule has 4 rings (SSSR count). The van der Waals surface area contributed by atoms with Gasteiger partial charge in [0.2, 0.25) is 0 Å². The van der Waals surface area contributed by atoms with Gasteiger partial charge < -0.3 is 4.90 Å². The molecule has 3 aromatic rings. The molecule has 1 atom stereocenters. The number of alkyl halides is 3. The highest BCUT2D eigenvalue weighted by atomic mass is 32.2. The summed E-state index contributed by atoms with van der Waals surface area (Å²) < 4.78 is 37.6. The van der Waals surface area contributed by atoms with Crippen LogP contribution in [0.2, 0.25) is 0 Å². The highest BCUT2D eigenvalue weighted by Crippen LogP contribution is 2.38. The molecule has 0 aliphatic carbocycles. The second kappa shape index (κ2) is 7.88. The molecule has 1 fully saturated rings. The number of aryl methyl sites for hydroxylation is 1. The van der Waals surface area contributed by atoms with Gasteiger partial charge >= 0.3 is 11.5 Å². The van der Waals surface area contributed by atoms with Crippen molar-refractivity contribution in [3.8, 4) is 0 Å². The second-order valence-electron chi connectivity index (χ2n) is 7.29. The summed E-state index contributed by atoms with van der Waals surface area (Å²) in [5.74, 6) is -0.421. The van der Waals surface area contributed by atoms with Gasteiger partial charge in [-0.05, 0) is 73.6 Å². The minimum atomic E-state index is -4.40. The maximum atomic E-state index is 13.1. The Morgan fingerprint density at radius 2 is 1.77 bits per heavy atom. The van der Waals surface area contributed by atoms with Crippen molar-refractivity contribution in [2.45, 2.75) is 36.8 Å². The van der Waals surface area contributed by atoms with Gasteiger partial charge in [-0.1, -0.05) is 11.6 Å². The van der Waals surface area contributed by atoms with Gasteiger partial charge in [-0.25, -0.2) is 9.69 Å². The van der Waals surface area contributed by atoms with Crippen molar-refractivity contribution < 1.29 is 22.8 Å². The van der Waals surface area contributed by atoms with Crippen LogP contribution in [0.5, 0.6) is 0 Å². The fourth-order valence-electron chi connectivity index (χ4n) is 3.59. The summed E-state index contributed by atoms with van der Waals surface area (Å²) >= 11 is -0.246. The lowest BCUT2D eigenvalue weighted by molar-refractivity contribution is -0.119. The minimum absolute atomic E-state index is 0.0149. The number of benzene rings is 2. The zero-order valence-corrected chi connectivity index (χ0v) is 17.5. The lowest BCUT2D eigenvalue weighted by Gasteiger charge is -2.20. The van der Waals surface area contributed by atoms with E-state index in [4.69, 9.17) is 0 Å². The number of hydrogen-bond donors (Lipinski definition) is 0. The molecule has 1 saturated heterocycles.